The minimum Gasteiger partial charge on any atom is -0.329 e. The molecule has 3 N–H and O–H groups in total. The van der Waals surface area contributed by atoms with Gasteiger partial charge in [-0.25, -0.2) is 4.98 Å². The molecule has 0 saturated heterocycles. The SMILES string of the molecule is Cn1ccnc1SCC(=O)Nc1ccc(C(=O)Nc2ccc(NC(=O)C(C)(C)C)cc2)cc1. The third kappa shape index (κ3) is 6.95. The van der Waals surface area contributed by atoms with Crippen molar-refractivity contribution in [3.05, 3.63) is 66.5 Å². The lowest BCUT2D eigenvalue weighted by Crippen LogP contribution is -2.27. The minimum atomic E-state index is -0.490. The van der Waals surface area contributed by atoms with Crippen molar-refractivity contribution < 1.29 is 14.4 Å². The fraction of sp³-hybridized carbons (Fsp3) is 0.250. The highest BCUT2D eigenvalue weighted by atomic mass is 32.2. The molecule has 9 heteroatoms. The maximum Gasteiger partial charge on any atom is 0.255 e. The van der Waals surface area contributed by atoms with Gasteiger partial charge in [0.05, 0.1) is 5.75 Å². The summed E-state index contributed by atoms with van der Waals surface area (Å²) < 4.78 is 1.85. The van der Waals surface area contributed by atoms with Crippen molar-refractivity contribution in [2.75, 3.05) is 21.7 Å². The van der Waals surface area contributed by atoms with Gasteiger partial charge in [-0.05, 0) is 48.5 Å². The first-order valence-electron chi connectivity index (χ1n) is 10.3. The lowest BCUT2D eigenvalue weighted by atomic mass is 9.95. The molecule has 0 radical (unpaired) electrons. The lowest BCUT2D eigenvalue weighted by Gasteiger charge is -2.17. The van der Waals surface area contributed by atoms with Crippen LogP contribution in [0.15, 0.2) is 66.1 Å². The van der Waals surface area contributed by atoms with Crippen molar-refractivity contribution in [1.82, 2.24) is 9.55 Å². The van der Waals surface area contributed by atoms with E-state index in [0.29, 0.717) is 22.6 Å². The molecule has 0 spiro atoms. The first kappa shape index (κ1) is 24.1. The molecule has 0 saturated carbocycles. The van der Waals surface area contributed by atoms with Gasteiger partial charge in [-0.3, -0.25) is 14.4 Å². The Morgan fingerprint density at radius 3 is 1.97 bits per heavy atom. The van der Waals surface area contributed by atoms with E-state index in [4.69, 9.17) is 0 Å². The van der Waals surface area contributed by atoms with E-state index >= 15 is 0 Å². The molecule has 0 aliphatic carbocycles. The summed E-state index contributed by atoms with van der Waals surface area (Å²) in [5.41, 5.74) is 1.85. The number of carbonyl (C=O) groups excluding carboxylic acids is 3. The summed E-state index contributed by atoms with van der Waals surface area (Å²) in [6.07, 6.45) is 3.51. The fourth-order valence-electron chi connectivity index (χ4n) is 2.68. The van der Waals surface area contributed by atoms with Gasteiger partial charge in [0.2, 0.25) is 11.8 Å². The molecule has 3 amide bonds. The van der Waals surface area contributed by atoms with E-state index in [2.05, 4.69) is 20.9 Å². The second-order valence-electron chi connectivity index (χ2n) is 8.47. The van der Waals surface area contributed by atoms with Gasteiger partial charge in [-0.1, -0.05) is 32.5 Å². The quantitative estimate of drug-likeness (QED) is 0.449. The standard InChI is InChI=1S/C24H27N5O3S/c1-24(2,3)22(32)28-19-11-9-18(10-12-19)27-21(31)16-5-7-17(8-6-16)26-20(30)15-33-23-25-13-14-29(23)4/h5-14H,15H2,1-4H3,(H,26,30)(H,27,31)(H,28,32). The first-order chi connectivity index (χ1) is 15.6. The minimum absolute atomic E-state index is 0.0818. The number of hydrogen-bond donors (Lipinski definition) is 3. The first-order valence-corrected chi connectivity index (χ1v) is 11.3. The van der Waals surface area contributed by atoms with Crippen LogP contribution >= 0.6 is 11.8 Å². The number of anilines is 3. The predicted molar refractivity (Wildman–Crippen MR) is 131 cm³/mol. The normalized spacial score (nSPS) is 11.0. The molecule has 1 heterocycles. The molecule has 3 aromatic rings. The van der Waals surface area contributed by atoms with Crippen LogP contribution in [-0.4, -0.2) is 33.0 Å². The van der Waals surface area contributed by atoms with Crippen molar-refractivity contribution in [3.63, 3.8) is 0 Å². The molecular formula is C24H27N5O3S. The van der Waals surface area contributed by atoms with E-state index in [-0.39, 0.29) is 23.5 Å². The van der Waals surface area contributed by atoms with E-state index in [9.17, 15) is 14.4 Å². The number of benzene rings is 2. The van der Waals surface area contributed by atoms with Crippen LogP contribution in [-0.2, 0) is 16.6 Å². The summed E-state index contributed by atoms with van der Waals surface area (Å²) >= 11 is 1.35. The molecule has 3 rings (SSSR count). The van der Waals surface area contributed by atoms with Crippen molar-refractivity contribution >= 4 is 46.5 Å². The monoisotopic (exact) mass is 465 g/mol. The zero-order valence-corrected chi connectivity index (χ0v) is 19.8. The topological polar surface area (TPSA) is 105 Å². The average Bonchev–Trinajstić information content (AvgIpc) is 3.18. The molecule has 0 unspecified atom stereocenters. The second kappa shape index (κ2) is 10.4. The van der Waals surface area contributed by atoms with Crippen LogP contribution in [0, 0.1) is 5.41 Å². The van der Waals surface area contributed by atoms with E-state index < -0.39 is 5.41 Å². The van der Waals surface area contributed by atoms with Gasteiger partial charge in [0.1, 0.15) is 0 Å². The van der Waals surface area contributed by atoms with Gasteiger partial charge in [0.25, 0.3) is 5.91 Å². The smallest absolute Gasteiger partial charge is 0.255 e. The molecule has 33 heavy (non-hydrogen) atoms. The Morgan fingerprint density at radius 1 is 0.879 bits per heavy atom. The molecule has 8 nitrogen and oxygen atoms in total. The summed E-state index contributed by atoms with van der Waals surface area (Å²) in [6, 6.07) is 13.6. The largest absolute Gasteiger partial charge is 0.329 e. The molecule has 0 fully saturated rings. The van der Waals surface area contributed by atoms with Crippen molar-refractivity contribution in [2.45, 2.75) is 25.9 Å². The number of nitrogens with one attached hydrogen (secondary N) is 3. The van der Waals surface area contributed by atoms with Crippen molar-refractivity contribution in [1.29, 1.82) is 0 Å². The van der Waals surface area contributed by atoms with Crippen LogP contribution < -0.4 is 16.0 Å². The Morgan fingerprint density at radius 2 is 1.42 bits per heavy atom. The average molecular weight is 466 g/mol. The maximum atomic E-state index is 12.5. The van der Waals surface area contributed by atoms with Crippen LogP contribution in [0.1, 0.15) is 31.1 Å². The number of hydrogen-bond acceptors (Lipinski definition) is 5. The van der Waals surface area contributed by atoms with Crippen molar-refractivity contribution in [2.24, 2.45) is 12.5 Å². The van der Waals surface area contributed by atoms with Gasteiger partial charge in [0, 0.05) is 47.5 Å². The van der Waals surface area contributed by atoms with Gasteiger partial charge < -0.3 is 20.5 Å². The zero-order chi connectivity index (χ0) is 24.0. The van der Waals surface area contributed by atoms with Gasteiger partial charge in [-0.15, -0.1) is 0 Å². The number of carbonyl (C=O) groups is 3. The number of rotatable bonds is 7. The van der Waals surface area contributed by atoms with Crippen LogP contribution in [0.4, 0.5) is 17.1 Å². The summed E-state index contributed by atoms with van der Waals surface area (Å²) in [5, 5.41) is 9.24. The predicted octanol–water partition coefficient (Wildman–Crippen LogP) is 4.39. The van der Waals surface area contributed by atoms with E-state index in [1.54, 1.807) is 54.7 Å². The van der Waals surface area contributed by atoms with E-state index in [0.717, 1.165) is 5.16 Å². The Kier molecular flexibility index (Phi) is 7.55. The highest BCUT2D eigenvalue weighted by molar-refractivity contribution is 7.99. The summed E-state index contributed by atoms with van der Waals surface area (Å²) in [4.78, 5) is 40.9. The lowest BCUT2D eigenvalue weighted by molar-refractivity contribution is -0.123. The molecule has 0 atom stereocenters. The van der Waals surface area contributed by atoms with Crippen molar-refractivity contribution in [3.8, 4) is 0 Å². The summed E-state index contributed by atoms with van der Waals surface area (Å²) in [7, 11) is 1.87. The Bertz CT molecular complexity index is 1130. The number of imidazole rings is 1. The maximum absolute atomic E-state index is 12.5. The summed E-state index contributed by atoms with van der Waals surface area (Å²) in [5.74, 6) is -0.274. The Hall–Kier alpha value is -3.59. The highest BCUT2D eigenvalue weighted by Gasteiger charge is 2.21. The zero-order valence-electron chi connectivity index (χ0n) is 19.0. The molecule has 0 aliphatic heterocycles. The number of thioether (sulfide) groups is 1. The third-order valence-corrected chi connectivity index (χ3v) is 5.68. The molecule has 1 aromatic heterocycles. The molecular weight excluding hydrogens is 438 g/mol. The van der Waals surface area contributed by atoms with Crippen LogP contribution in [0.3, 0.4) is 0 Å². The van der Waals surface area contributed by atoms with Gasteiger partial charge >= 0.3 is 0 Å². The Balaban J connectivity index is 1.51. The van der Waals surface area contributed by atoms with Crippen LogP contribution in [0.2, 0.25) is 0 Å². The van der Waals surface area contributed by atoms with E-state index in [1.807, 2.05) is 38.6 Å². The van der Waals surface area contributed by atoms with Crippen LogP contribution in [0.5, 0.6) is 0 Å². The molecule has 172 valence electrons. The third-order valence-electron chi connectivity index (χ3n) is 4.62. The molecule has 0 aliphatic rings. The van der Waals surface area contributed by atoms with Gasteiger partial charge in [0.15, 0.2) is 5.16 Å². The van der Waals surface area contributed by atoms with Crippen LogP contribution in [0.25, 0.3) is 0 Å². The highest BCUT2D eigenvalue weighted by Crippen LogP contribution is 2.20. The number of nitrogens with zero attached hydrogens (tertiary/aromatic N) is 2. The van der Waals surface area contributed by atoms with E-state index in [1.165, 1.54) is 11.8 Å². The summed E-state index contributed by atoms with van der Waals surface area (Å²) in [6.45, 7) is 5.53. The molecule has 0 bridgehead atoms. The number of aryl methyl sites for hydroxylation is 1. The number of amides is 3. The second-order valence-corrected chi connectivity index (χ2v) is 9.41. The Labute approximate surface area is 197 Å². The molecule has 2 aromatic carbocycles. The van der Waals surface area contributed by atoms with Gasteiger partial charge in [-0.2, -0.15) is 0 Å². The fourth-order valence-corrected chi connectivity index (χ4v) is 3.41. The number of aromatic nitrogens is 2.